The van der Waals surface area contributed by atoms with E-state index in [9.17, 15) is 4.79 Å². The third-order valence-corrected chi connectivity index (χ3v) is 3.13. The minimum atomic E-state index is -0.785. The highest BCUT2D eigenvalue weighted by molar-refractivity contribution is 5.80. The molecule has 0 fully saturated rings. The quantitative estimate of drug-likeness (QED) is 0.761. The summed E-state index contributed by atoms with van der Waals surface area (Å²) < 4.78 is 0. The summed E-state index contributed by atoms with van der Waals surface area (Å²) in [6, 6.07) is 9.57. The summed E-state index contributed by atoms with van der Waals surface area (Å²) in [6.45, 7) is 0. The third-order valence-electron chi connectivity index (χ3n) is 3.13. The molecule has 3 aromatic rings. The fraction of sp³-hybridized carbons (Fsp3) is 0.133. The first kappa shape index (κ1) is 12.3. The zero-order valence-corrected chi connectivity index (χ0v) is 10.7. The average molecular weight is 267 g/mol. The van der Waals surface area contributed by atoms with Crippen molar-refractivity contribution in [3.8, 4) is 11.4 Å². The maximum atomic E-state index is 10.6. The Balaban J connectivity index is 1.93. The summed E-state index contributed by atoms with van der Waals surface area (Å²) in [5, 5.41) is 8.71. The summed E-state index contributed by atoms with van der Waals surface area (Å²) in [7, 11) is 0. The molecule has 0 aliphatic rings. The van der Waals surface area contributed by atoms with Gasteiger partial charge in [0.05, 0.1) is 11.0 Å². The lowest BCUT2D eigenvalue weighted by Gasteiger charge is -1.97. The van der Waals surface area contributed by atoms with E-state index in [1.807, 2.05) is 30.3 Å². The molecule has 0 saturated heterocycles. The molecule has 0 spiro atoms. The van der Waals surface area contributed by atoms with E-state index < -0.39 is 5.97 Å². The number of carbonyl (C=O) groups is 1. The van der Waals surface area contributed by atoms with E-state index >= 15 is 0 Å². The van der Waals surface area contributed by atoms with Gasteiger partial charge in [0.1, 0.15) is 5.82 Å². The van der Waals surface area contributed by atoms with Gasteiger partial charge in [-0.1, -0.05) is 6.07 Å². The summed E-state index contributed by atoms with van der Waals surface area (Å²) in [5.74, 6) is 0.00460. The van der Waals surface area contributed by atoms with Gasteiger partial charge in [0.15, 0.2) is 0 Å². The molecule has 3 rings (SSSR count). The number of benzene rings is 1. The molecule has 0 radical (unpaired) electrons. The van der Waals surface area contributed by atoms with Gasteiger partial charge < -0.3 is 10.1 Å². The van der Waals surface area contributed by atoms with Crippen molar-refractivity contribution in [2.75, 3.05) is 0 Å². The van der Waals surface area contributed by atoms with Crippen molar-refractivity contribution in [3.63, 3.8) is 0 Å². The molecule has 2 heterocycles. The van der Waals surface area contributed by atoms with Gasteiger partial charge in [-0.2, -0.15) is 0 Å². The van der Waals surface area contributed by atoms with E-state index in [1.165, 1.54) is 0 Å². The number of aromatic amines is 1. The number of rotatable bonds is 4. The maximum absolute atomic E-state index is 10.6. The van der Waals surface area contributed by atoms with E-state index in [0.717, 1.165) is 28.0 Å². The van der Waals surface area contributed by atoms with Crippen LogP contribution in [0.25, 0.3) is 22.4 Å². The van der Waals surface area contributed by atoms with Crippen LogP contribution >= 0.6 is 0 Å². The molecule has 20 heavy (non-hydrogen) atoms. The van der Waals surface area contributed by atoms with Crippen molar-refractivity contribution in [1.82, 2.24) is 15.0 Å². The molecule has 0 aliphatic heterocycles. The van der Waals surface area contributed by atoms with Gasteiger partial charge >= 0.3 is 5.97 Å². The highest BCUT2D eigenvalue weighted by Gasteiger charge is 2.06. The number of fused-ring (bicyclic) bond motifs is 1. The molecule has 0 atom stereocenters. The predicted octanol–water partition coefficient (Wildman–Crippen LogP) is 2.64. The number of carboxylic acids is 1. The molecule has 0 unspecified atom stereocenters. The zero-order valence-electron chi connectivity index (χ0n) is 10.7. The van der Waals surface area contributed by atoms with Crippen LogP contribution in [0.15, 0.2) is 42.7 Å². The molecule has 2 N–H and O–H groups in total. The first-order valence-corrected chi connectivity index (χ1v) is 6.33. The van der Waals surface area contributed by atoms with Crippen LogP contribution in [0, 0.1) is 0 Å². The zero-order chi connectivity index (χ0) is 13.9. The van der Waals surface area contributed by atoms with Gasteiger partial charge in [-0.3, -0.25) is 9.78 Å². The summed E-state index contributed by atoms with van der Waals surface area (Å²) in [4.78, 5) is 22.4. The minimum Gasteiger partial charge on any atom is -0.481 e. The molecule has 100 valence electrons. The van der Waals surface area contributed by atoms with E-state index in [0.29, 0.717) is 6.42 Å². The fourth-order valence-electron chi connectivity index (χ4n) is 2.11. The van der Waals surface area contributed by atoms with Crippen LogP contribution in [-0.2, 0) is 11.2 Å². The van der Waals surface area contributed by atoms with Crippen molar-refractivity contribution in [1.29, 1.82) is 0 Å². The van der Waals surface area contributed by atoms with E-state index in [2.05, 4.69) is 15.0 Å². The molecule has 0 bridgehead atoms. The van der Waals surface area contributed by atoms with Crippen LogP contribution in [0.3, 0.4) is 0 Å². The lowest BCUT2D eigenvalue weighted by atomic mass is 10.1. The molecule has 5 heteroatoms. The molecular weight excluding hydrogens is 254 g/mol. The van der Waals surface area contributed by atoms with Crippen molar-refractivity contribution in [3.05, 3.63) is 48.3 Å². The van der Waals surface area contributed by atoms with Gasteiger partial charge in [-0.05, 0) is 36.2 Å². The molecule has 1 aromatic carbocycles. The Morgan fingerprint density at radius 2 is 2.00 bits per heavy atom. The van der Waals surface area contributed by atoms with Gasteiger partial charge in [0.2, 0.25) is 0 Å². The summed E-state index contributed by atoms with van der Waals surface area (Å²) in [5.41, 5.74) is 3.75. The highest BCUT2D eigenvalue weighted by Crippen LogP contribution is 2.21. The van der Waals surface area contributed by atoms with Crippen LogP contribution < -0.4 is 0 Å². The number of hydrogen-bond acceptors (Lipinski definition) is 3. The molecule has 0 amide bonds. The number of nitrogens with one attached hydrogen (secondary N) is 1. The Morgan fingerprint density at radius 1 is 1.20 bits per heavy atom. The Labute approximate surface area is 115 Å². The lowest BCUT2D eigenvalue weighted by Crippen LogP contribution is -1.97. The summed E-state index contributed by atoms with van der Waals surface area (Å²) in [6.07, 6.45) is 4.10. The number of hydrogen-bond donors (Lipinski definition) is 2. The second-order valence-corrected chi connectivity index (χ2v) is 4.57. The first-order chi connectivity index (χ1) is 9.72. The second kappa shape index (κ2) is 5.13. The average Bonchev–Trinajstić information content (AvgIpc) is 2.89. The van der Waals surface area contributed by atoms with Crippen molar-refractivity contribution >= 4 is 17.0 Å². The first-order valence-electron chi connectivity index (χ1n) is 6.33. The third kappa shape index (κ3) is 2.51. The van der Waals surface area contributed by atoms with Gasteiger partial charge in [0.25, 0.3) is 0 Å². The van der Waals surface area contributed by atoms with Crippen LogP contribution in [-0.4, -0.2) is 26.0 Å². The van der Waals surface area contributed by atoms with E-state index in [4.69, 9.17) is 5.11 Å². The van der Waals surface area contributed by atoms with Gasteiger partial charge in [-0.25, -0.2) is 4.98 Å². The topological polar surface area (TPSA) is 78.9 Å². The van der Waals surface area contributed by atoms with E-state index in [-0.39, 0.29) is 6.42 Å². The number of nitrogens with zero attached hydrogens (tertiary/aromatic N) is 2. The van der Waals surface area contributed by atoms with Crippen LogP contribution in [0.1, 0.15) is 12.0 Å². The molecule has 0 saturated carbocycles. The largest absolute Gasteiger partial charge is 0.481 e. The molecular formula is C15H13N3O2. The summed E-state index contributed by atoms with van der Waals surface area (Å²) >= 11 is 0. The number of H-pyrrole nitrogens is 1. The maximum Gasteiger partial charge on any atom is 0.303 e. The van der Waals surface area contributed by atoms with Crippen LogP contribution in [0.4, 0.5) is 0 Å². The molecule has 5 nitrogen and oxygen atoms in total. The monoisotopic (exact) mass is 267 g/mol. The predicted molar refractivity (Wildman–Crippen MR) is 75.3 cm³/mol. The van der Waals surface area contributed by atoms with Crippen LogP contribution in [0.5, 0.6) is 0 Å². The molecule has 2 aromatic heterocycles. The lowest BCUT2D eigenvalue weighted by molar-refractivity contribution is -0.136. The number of aliphatic carboxylic acids is 1. The van der Waals surface area contributed by atoms with Gasteiger partial charge in [-0.15, -0.1) is 0 Å². The standard InChI is InChI=1S/C15H13N3O2/c19-14(20)4-2-10-1-3-12-13(9-10)18-15(17-12)11-5-7-16-8-6-11/h1,3,5-9H,2,4H2,(H,17,18)(H,19,20). The van der Waals surface area contributed by atoms with Crippen molar-refractivity contribution < 1.29 is 9.90 Å². The highest BCUT2D eigenvalue weighted by atomic mass is 16.4. The number of aromatic nitrogens is 3. The van der Waals surface area contributed by atoms with Crippen molar-refractivity contribution in [2.24, 2.45) is 0 Å². The Kier molecular flexibility index (Phi) is 3.16. The van der Waals surface area contributed by atoms with Crippen molar-refractivity contribution in [2.45, 2.75) is 12.8 Å². The second-order valence-electron chi connectivity index (χ2n) is 4.57. The van der Waals surface area contributed by atoms with Gasteiger partial charge in [0, 0.05) is 24.4 Å². The Hall–Kier alpha value is -2.69. The smallest absolute Gasteiger partial charge is 0.303 e. The minimum absolute atomic E-state index is 0.136. The Morgan fingerprint density at radius 3 is 2.75 bits per heavy atom. The van der Waals surface area contributed by atoms with E-state index in [1.54, 1.807) is 12.4 Å². The number of aryl methyl sites for hydroxylation is 1. The normalized spacial score (nSPS) is 10.8. The van der Waals surface area contributed by atoms with Crippen LogP contribution in [0.2, 0.25) is 0 Å². The molecule has 0 aliphatic carbocycles. The number of pyridine rings is 1. The fourth-order valence-corrected chi connectivity index (χ4v) is 2.11. The Bertz CT molecular complexity index is 750. The SMILES string of the molecule is O=C(O)CCc1ccc2nc(-c3ccncc3)[nH]c2c1. The number of imidazole rings is 1. The number of carboxylic acid groups (broad SMARTS) is 1.